The first kappa shape index (κ1) is 14.3. The van der Waals surface area contributed by atoms with Crippen molar-refractivity contribution in [2.45, 2.75) is 64.0 Å². The molecule has 1 aliphatic heterocycles. The smallest absolute Gasteiger partial charge is 0.0580 e. The third-order valence-electron chi connectivity index (χ3n) is 4.88. The second-order valence-electron chi connectivity index (χ2n) is 6.40. The van der Waals surface area contributed by atoms with E-state index >= 15 is 0 Å². The van der Waals surface area contributed by atoms with Crippen LogP contribution in [-0.2, 0) is 0 Å². The Bertz CT molecular complexity index is 245. The molecule has 1 aliphatic carbocycles. The second kappa shape index (κ2) is 6.88. The van der Waals surface area contributed by atoms with Gasteiger partial charge in [0.2, 0.25) is 0 Å². The lowest BCUT2D eigenvalue weighted by atomic mass is 9.79. The Morgan fingerprint density at radius 2 is 2.00 bits per heavy atom. The van der Waals surface area contributed by atoms with Crippen LogP contribution in [0, 0.1) is 11.8 Å². The summed E-state index contributed by atoms with van der Waals surface area (Å²) >= 11 is 0. The Kier molecular flexibility index (Phi) is 5.46. The molecule has 1 heterocycles. The molecule has 0 radical (unpaired) electrons. The lowest BCUT2D eigenvalue weighted by molar-refractivity contribution is 0.0109. The number of aliphatic hydroxyl groups is 2. The molecule has 0 aromatic rings. The fourth-order valence-electron chi connectivity index (χ4n) is 3.76. The van der Waals surface area contributed by atoms with Crippen molar-refractivity contribution in [3.63, 3.8) is 0 Å². The van der Waals surface area contributed by atoms with Gasteiger partial charge in [-0.05, 0) is 56.9 Å². The highest BCUT2D eigenvalue weighted by Crippen LogP contribution is 2.31. The molecule has 0 amide bonds. The van der Waals surface area contributed by atoms with Gasteiger partial charge in [-0.15, -0.1) is 0 Å². The van der Waals surface area contributed by atoms with Gasteiger partial charge in [0.25, 0.3) is 0 Å². The maximum atomic E-state index is 10.2. The van der Waals surface area contributed by atoms with Crippen molar-refractivity contribution in [3.05, 3.63) is 0 Å². The molecule has 0 spiro atoms. The van der Waals surface area contributed by atoms with Crippen molar-refractivity contribution >= 4 is 0 Å². The molecule has 3 nitrogen and oxygen atoms in total. The molecule has 0 aromatic heterocycles. The van der Waals surface area contributed by atoms with Crippen LogP contribution in [0.4, 0.5) is 0 Å². The second-order valence-corrected chi connectivity index (χ2v) is 6.40. The number of likely N-dealkylation sites (tertiary alicyclic amines) is 1. The molecule has 2 aliphatic rings. The highest BCUT2D eigenvalue weighted by Gasteiger charge is 2.31. The summed E-state index contributed by atoms with van der Waals surface area (Å²) in [5.41, 5.74) is 0. The molecule has 18 heavy (non-hydrogen) atoms. The summed E-state index contributed by atoms with van der Waals surface area (Å²) < 4.78 is 0. The lowest BCUT2D eigenvalue weighted by Crippen LogP contribution is -2.46. The summed E-state index contributed by atoms with van der Waals surface area (Å²) in [6.45, 7) is 4.80. The first-order valence-electron chi connectivity index (χ1n) is 7.73. The molecular formula is C15H29NO2. The first-order valence-corrected chi connectivity index (χ1v) is 7.73. The van der Waals surface area contributed by atoms with Gasteiger partial charge in [-0.2, -0.15) is 0 Å². The van der Waals surface area contributed by atoms with Crippen LogP contribution >= 0.6 is 0 Å². The molecule has 0 bridgehead atoms. The zero-order valence-corrected chi connectivity index (χ0v) is 11.7. The molecule has 1 saturated heterocycles. The predicted molar refractivity (Wildman–Crippen MR) is 73.4 cm³/mol. The minimum Gasteiger partial charge on any atom is -0.396 e. The maximum Gasteiger partial charge on any atom is 0.0580 e. The average molecular weight is 255 g/mol. The summed E-state index contributed by atoms with van der Waals surface area (Å²) in [5, 5.41) is 19.3. The van der Waals surface area contributed by atoms with E-state index in [-0.39, 0.29) is 6.10 Å². The van der Waals surface area contributed by atoms with Crippen molar-refractivity contribution in [2.75, 3.05) is 19.7 Å². The molecule has 1 saturated carbocycles. The molecule has 2 fully saturated rings. The van der Waals surface area contributed by atoms with E-state index in [2.05, 4.69) is 11.8 Å². The van der Waals surface area contributed by atoms with Crippen LogP contribution in [0.5, 0.6) is 0 Å². The number of piperidine rings is 1. The Morgan fingerprint density at radius 3 is 2.78 bits per heavy atom. The normalized spacial score (nSPS) is 38.8. The van der Waals surface area contributed by atoms with Gasteiger partial charge in [-0.3, -0.25) is 4.90 Å². The fraction of sp³-hybridized carbons (Fsp3) is 1.00. The SMILES string of the molecule is CC1CCC(O)C(CN2CCCCC2CCO)C1. The summed E-state index contributed by atoms with van der Waals surface area (Å²) in [7, 11) is 0. The van der Waals surface area contributed by atoms with Crippen molar-refractivity contribution in [1.82, 2.24) is 4.90 Å². The van der Waals surface area contributed by atoms with E-state index in [1.807, 2.05) is 0 Å². The monoisotopic (exact) mass is 255 g/mol. The van der Waals surface area contributed by atoms with Crippen LogP contribution in [0.1, 0.15) is 51.9 Å². The zero-order valence-electron chi connectivity index (χ0n) is 11.7. The highest BCUT2D eigenvalue weighted by atomic mass is 16.3. The van der Waals surface area contributed by atoms with Gasteiger partial charge in [-0.1, -0.05) is 13.3 Å². The first-order chi connectivity index (χ1) is 8.70. The summed E-state index contributed by atoms with van der Waals surface area (Å²) in [4.78, 5) is 2.53. The van der Waals surface area contributed by atoms with Gasteiger partial charge in [0, 0.05) is 19.2 Å². The Morgan fingerprint density at radius 1 is 1.17 bits per heavy atom. The van der Waals surface area contributed by atoms with Crippen molar-refractivity contribution in [3.8, 4) is 0 Å². The number of aliphatic hydroxyl groups excluding tert-OH is 2. The quantitative estimate of drug-likeness (QED) is 0.808. The van der Waals surface area contributed by atoms with Crippen molar-refractivity contribution in [2.24, 2.45) is 11.8 Å². The van der Waals surface area contributed by atoms with E-state index in [9.17, 15) is 5.11 Å². The number of hydrogen-bond donors (Lipinski definition) is 2. The number of rotatable bonds is 4. The lowest BCUT2D eigenvalue weighted by Gasteiger charge is -2.41. The van der Waals surface area contributed by atoms with Gasteiger partial charge >= 0.3 is 0 Å². The van der Waals surface area contributed by atoms with Crippen LogP contribution < -0.4 is 0 Å². The van der Waals surface area contributed by atoms with Gasteiger partial charge in [0.1, 0.15) is 0 Å². The van der Waals surface area contributed by atoms with Gasteiger partial charge in [-0.25, -0.2) is 0 Å². The predicted octanol–water partition coefficient (Wildman–Crippen LogP) is 2.02. The van der Waals surface area contributed by atoms with E-state index in [1.54, 1.807) is 0 Å². The van der Waals surface area contributed by atoms with Crippen LogP contribution in [0.25, 0.3) is 0 Å². The molecular weight excluding hydrogens is 226 g/mol. The average Bonchev–Trinajstić information content (AvgIpc) is 2.36. The van der Waals surface area contributed by atoms with Crippen LogP contribution in [0.2, 0.25) is 0 Å². The van der Waals surface area contributed by atoms with Crippen molar-refractivity contribution < 1.29 is 10.2 Å². The molecule has 3 heteroatoms. The van der Waals surface area contributed by atoms with E-state index in [4.69, 9.17) is 5.11 Å². The highest BCUT2D eigenvalue weighted by molar-refractivity contribution is 4.84. The maximum absolute atomic E-state index is 10.2. The fourth-order valence-corrected chi connectivity index (χ4v) is 3.76. The third-order valence-corrected chi connectivity index (χ3v) is 4.88. The van der Waals surface area contributed by atoms with Crippen LogP contribution in [-0.4, -0.2) is 47.0 Å². The minimum atomic E-state index is -0.0992. The van der Waals surface area contributed by atoms with Gasteiger partial charge in [0.15, 0.2) is 0 Å². The third kappa shape index (κ3) is 3.69. The topological polar surface area (TPSA) is 43.7 Å². The zero-order chi connectivity index (χ0) is 13.0. The Hall–Kier alpha value is -0.120. The molecule has 106 valence electrons. The summed E-state index contributed by atoms with van der Waals surface area (Å²) in [6, 6.07) is 0.549. The van der Waals surface area contributed by atoms with E-state index in [1.165, 1.54) is 32.1 Å². The number of nitrogens with zero attached hydrogens (tertiary/aromatic N) is 1. The minimum absolute atomic E-state index is 0.0992. The molecule has 2 rings (SSSR count). The summed E-state index contributed by atoms with van der Waals surface area (Å²) in [5.74, 6) is 1.22. The molecule has 4 unspecified atom stereocenters. The van der Waals surface area contributed by atoms with E-state index < -0.39 is 0 Å². The van der Waals surface area contributed by atoms with Crippen LogP contribution in [0.15, 0.2) is 0 Å². The van der Waals surface area contributed by atoms with Crippen molar-refractivity contribution in [1.29, 1.82) is 0 Å². The molecule has 4 atom stereocenters. The van der Waals surface area contributed by atoms with Gasteiger partial charge in [0.05, 0.1) is 6.10 Å². The largest absolute Gasteiger partial charge is 0.396 e. The van der Waals surface area contributed by atoms with Crippen LogP contribution in [0.3, 0.4) is 0 Å². The van der Waals surface area contributed by atoms with Gasteiger partial charge < -0.3 is 10.2 Å². The molecule has 2 N–H and O–H groups in total. The number of hydrogen-bond acceptors (Lipinski definition) is 3. The van der Waals surface area contributed by atoms with E-state index in [0.29, 0.717) is 18.6 Å². The summed E-state index contributed by atoms with van der Waals surface area (Å²) in [6.07, 6.45) is 7.92. The molecule has 0 aromatic carbocycles. The Balaban J connectivity index is 1.88. The van der Waals surface area contributed by atoms with E-state index in [0.717, 1.165) is 31.8 Å². The standard InChI is InChI=1S/C15H29NO2/c1-12-5-6-15(18)13(10-12)11-16-8-3-2-4-14(16)7-9-17/h12-15,17-18H,2-11H2,1H3. The Labute approximate surface area is 111 Å².